The van der Waals surface area contributed by atoms with Crippen molar-refractivity contribution < 1.29 is 9.84 Å². The van der Waals surface area contributed by atoms with Crippen molar-refractivity contribution >= 4 is 31.9 Å². The number of hydrogen-bond acceptors (Lipinski definition) is 4. The molecule has 0 aromatic carbocycles. The van der Waals surface area contributed by atoms with Gasteiger partial charge in [0, 0.05) is 34.9 Å². The second-order valence-corrected chi connectivity index (χ2v) is 4.96. The smallest absolute Gasteiger partial charge is 0.113 e. The molecule has 16 heavy (non-hydrogen) atoms. The highest BCUT2D eigenvalue weighted by Crippen LogP contribution is 2.26. The van der Waals surface area contributed by atoms with E-state index in [0.717, 1.165) is 14.6 Å². The molecule has 0 aliphatic heterocycles. The Kier molecular flexibility index (Phi) is 6.45. The van der Waals surface area contributed by atoms with Crippen molar-refractivity contribution in [2.75, 3.05) is 19.8 Å². The summed E-state index contributed by atoms with van der Waals surface area (Å²) in [6, 6.07) is 1.90. The summed E-state index contributed by atoms with van der Waals surface area (Å²) in [6.07, 6.45) is 2.07. The number of hydrogen-bond donors (Lipinski definition) is 2. The lowest BCUT2D eigenvalue weighted by Crippen LogP contribution is -2.18. The van der Waals surface area contributed by atoms with E-state index in [0.29, 0.717) is 19.6 Å². The van der Waals surface area contributed by atoms with Crippen LogP contribution in [0.2, 0.25) is 0 Å². The van der Waals surface area contributed by atoms with Crippen LogP contribution in [0.4, 0.5) is 0 Å². The van der Waals surface area contributed by atoms with Crippen LogP contribution in [0.1, 0.15) is 18.2 Å². The number of aliphatic hydroxyl groups is 1. The molecule has 0 saturated carbocycles. The van der Waals surface area contributed by atoms with Gasteiger partial charge in [0.05, 0.1) is 5.69 Å². The molecule has 0 radical (unpaired) electrons. The van der Waals surface area contributed by atoms with E-state index in [-0.39, 0.29) is 12.7 Å². The number of nitrogens with two attached hydrogens (primary N) is 1. The lowest BCUT2D eigenvalue weighted by atomic mass is 10.2. The quantitative estimate of drug-likeness (QED) is 0.767. The highest BCUT2D eigenvalue weighted by atomic mass is 79.9. The van der Waals surface area contributed by atoms with E-state index >= 15 is 0 Å². The number of aliphatic hydroxyl groups excluding tert-OH is 1. The minimum Gasteiger partial charge on any atom is -0.396 e. The first-order valence-electron chi connectivity index (χ1n) is 4.92. The third kappa shape index (κ3) is 4.10. The zero-order valence-electron chi connectivity index (χ0n) is 8.70. The van der Waals surface area contributed by atoms with E-state index in [1.807, 2.05) is 6.07 Å². The predicted octanol–water partition coefficient (Wildman–Crippen LogP) is 2.01. The van der Waals surface area contributed by atoms with Gasteiger partial charge in [-0.2, -0.15) is 0 Å². The molecule has 0 spiro atoms. The lowest BCUT2D eigenvalue weighted by Gasteiger charge is -2.16. The molecule has 4 nitrogen and oxygen atoms in total. The number of halogens is 2. The van der Waals surface area contributed by atoms with Gasteiger partial charge in [-0.3, -0.25) is 4.98 Å². The lowest BCUT2D eigenvalue weighted by molar-refractivity contribution is 0.0458. The Morgan fingerprint density at radius 2 is 2.25 bits per heavy atom. The third-order valence-electron chi connectivity index (χ3n) is 1.98. The maximum Gasteiger partial charge on any atom is 0.113 e. The van der Waals surface area contributed by atoms with E-state index in [9.17, 15) is 0 Å². The number of aromatic nitrogens is 1. The van der Waals surface area contributed by atoms with Crippen LogP contribution in [0.25, 0.3) is 0 Å². The van der Waals surface area contributed by atoms with Crippen molar-refractivity contribution in [3.63, 3.8) is 0 Å². The molecule has 0 amide bonds. The number of rotatable bonds is 6. The Hall–Kier alpha value is -0.0100. The Bertz CT molecular complexity index is 337. The monoisotopic (exact) mass is 352 g/mol. The fourth-order valence-corrected chi connectivity index (χ4v) is 2.45. The van der Waals surface area contributed by atoms with Crippen LogP contribution in [0.5, 0.6) is 0 Å². The Morgan fingerprint density at radius 1 is 1.50 bits per heavy atom. The van der Waals surface area contributed by atoms with E-state index < -0.39 is 0 Å². The van der Waals surface area contributed by atoms with Crippen molar-refractivity contribution in [2.45, 2.75) is 12.5 Å². The average Bonchev–Trinajstić information content (AvgIpc) is 2.26. The summed E-state index contributed by atoms with van der Waals surface area (Å²) in [5.41, 5.74) is 6.42. The van der Waals surface area contributed by atoms with Gasteiger partial charge in [0.2, 0.25) is 0 Å². The molecule has 0 fully saturated rings. The summed E-state index contributed by atoms with van der Waals surface area (Å²) in [5.74, 6) is 0. The molecule has 1 heterocycles. The van der Waals surface area contributed by atoms with Crippen molar-refractivity contribution in [1.29, 1.82) is 0 Å². The minimum absolute atomic E-state index is 0.117. The summed E-state index contributed by atoms with van der Waals surface area (Å²) >= 11 is 6.75. The first-order valence-corrected chi connectivity index (χ1v) is 6.51. The second kappa shape index (κ2) is 7.34. The molecule has 1 unspecified atom stereocenters. The molecule has 0 aliphatic rings. The first-order chi connectivity index (χ1) is 7.69. The van der Waals surface area contributed by atoms with Crippen molar-refractivity contribution in [2.24, 2.45) is 5.73 Å². The van der Waals surface area contributed by atoms with Crippen LogP contribution in [-0.2, 0) is 4.74 Å². The third-order valence-corrected chi connectivity index (χ3v) is 3.05. The van der Waals surface area contributed by atoms with E-state index in [4.69, 9.17) is 15.6 Å². The summed E-state index contributed by atoms with van der Waals surface area (Å²) in [4.78, 5) is 4.27. The van der Waals surface area contributed by atoms with E-state index in [2.05, 4.69) is 36.8 Å². The van der Waals surface area contributed by atoms with Crippen LogP contribution in [-0.4, -0.2) is 29.8 Å². The van der Waals surface area contributed by atoms with Crippen LogP contribution < -0.4 is 5.73 Å². The van der Waals surface area contributed by atoms with Crippen molar-refractivity contribution in [3.05, 3.63) is 26.9 Å². The van der Waals surface area contributed by atoms with Gasteiger partial charge in [-0.15, -0.1) is 0 Å². The fourth-order valence-electron chi connectivity index (χ4n) is 1.21. The van der Waals surface area contributed by atoms with Crippen molar-refractivity contribution in [3.8, 4) is 0 Å². The highest BCUT2D eigenvalue weighted by molar-refractivity contribution is 9.11. The predicted molar refractivity (Wildman–Crippen MR) is 69.1 cm³/mol. The fraction of sp³-hybridized carbons (Fsp3) is 0.500. The minimum atomic E-state index is -0.242. The second-order valence-electron chi connectivity index (χ2n) is 3.19. The average molecular weight is 354 g/mol. The standard InChI is InChI=1S/C10H14Br2N2O2/c11-7-4-8(12)10(14-6-7)9(5-13)16-3-1-2-15/h4,6,9,15H,1-3,5,13H2. The van der Waals surface area contributed by atoms with Crippen LogP contribution in [0.15, 0.2) is 21.2 Å². The highest BCUT2D eigenvalue weighted by Gasteiger charge is 2.15. The first kappa shape index (κ1) is 14.1. The van der Waals surface area contributed by atoms with Crippen LogP contribution in [0, 0.1) is 0 Å². The Morgan fingerprint density at radius 3 is 2.81 bits per heavy atom. The molecule has 0 aliphatic carbocycles. The number of nitrogens with zero attached hydrogens (tertiary/aromatic N) is 1. The van der Waals surface area contributed by atoms with E-state index in [1.165, 1.54) is 0 Å². The molecular formula is C10H14Br2N2O2. The SMILES string of the molecule is NCC(OCCCO)c1ncc(Br)cc1Br. The summed E-state index contributed by atoms with van der Waals surface area (Å²) < 4.78 is 7.31. The summed E-state index contributed by atoms with van der Waals surface area (Å²) in [5, 5.41) is 8.67. The van der Waals surface area contributed by atoms with Gasteiger partial charge in [0.25, 0.3) is 0 Å². The maximum absolute atomic E-state index is 8.67. The Balaban J connectivity index is 2.70. The number of pyridine rings is 1. The Labute approximate surface area is 111 Å². The largest absolute Gasteiger partial charge is 0.396 e. The molecule has 1 rings (SSSR count). The van der Waals surface area contributed by atoms with Gasteiger partial charge in [-0.25, -0.2) is 0 Å². The molecule has 1 aromatic heterocycles. The molecular weight excluding hydrogens is 340 g/mol. The van der Waals surface area contributed by atoms with Gasteiger partial charge < -0.3 is 15.6 Å². The van der Waals surface area contributed by atoms with Crippen molar-refractivity contribution in [1.82, 2.24) is 4.98 Å². The topological polar surface area (TPSA) is 68.4 Å². The molecule has 90 valence electrons. The van der Waals surface area contributed by atoms with Gasteiger partial charge in [0.1, 0.15) is 6.10 Å². The van der Waals surface area contributed by atoms with Gasteiger partial charge in [0.15, 0.2) is 0 Å². The molecule has 3 N–H and O–H groups in total. The van der Waals surface area contributed by atoms with E-state index in [1.54, 1.807) is 6.20 Å². The zero-order chi connectivity index (χ0) is 12.0. The van der Waals surface area contributed by atoms with Gasteiger partial charge >= 0.3 is 0 Å². The normalized spacial score (nSPS) is 12.8. The summed E-state index contributed by atoms with van der Waals surface area (Å²) in [7, 11) is 0. The van der Waals surface area contributed by atoms with Gasteiger partial charge in [-0.05, 0) is 44.3 Å². The molecule has 1 aromatic rings. The molecule has 6 heteroatoms. The molecule has 0 bridgehead atoms. The summed E-state index contributed by atoms with van der Waals surface area (Å²) in [6.45, 7) is 0.952. The molecule has 1 atom stereocenters. The maximum atomic E-state index is 8.67. The molecule has 0 saturated heterocycles. The van der Waals surface area contributed by atoms with Gasteiger partial charge in [-0.1, -0.05) is 0 Å². The van der Waals surface area contributed by atoms with Crippen LogP contribution in [0.3, 0.4) is 0 Å². The zero-order valence-corrected chi connectivity index (χ0v) is 11.9. The number of ether oxygens (including phenoxy) is 1. The van der Waals surface area contributed by atoms with Crippen LogP contribution >= 0.6 is 31.9 Å².